The zero-order chi connectivity index (χ0) is 29.6. The molecule has 1 aliphatic rings. The number of rotatable bonds is 7. The Balaban J connectivity index is 1.65. The van der Waals surface area contributed by atoms with Gasteiger partial charge in [0.2, 0.25) is 0 Å². The van der Waals surface area contributed by atoms with Crippen LogP contribution in [0, 0.1) is 20.4 Å². The molecule has 0 aliphatic carbocycles. The van der Waals surface area contributed by atoms with Gasteiger partial charge in [0.1, 0.15) is 23.3 Å². The van der Waals surface area contributed by atoms with E-state index in [4.69, 9.17) is 28.6 Å². The molecule has 0 bridgehead atoms. The van der Waals surface area contributed by atoms with E-state index in [2.05, 4.69) is 19.8 Å². The molecule has 0 spiro atoms. The quantitative estimate of drug-likeness (QED) is 0.246. The Kier molecular flexibility index (Phi) is 7.08. The van der Waals surface area contributed by atoms with Crippen molar-refractivity contribution in [3.63, 3.8) is 0 Å². The van der Waals surface area contributed by atoms with E-state index in [-0.39, 0.29) is 22.4 Å². The van der Waals surface area contributed by atoms with Crippen molar-refractivity contribution in [2.45, 2.75) is 59.9 Å². The first-order valence-corrected chi connectivity index (χ1v) is 13.7. The lowest BCUT2D eigenvalue weighted by Gasteiger charge is -2.30. The van der Waals surface area contributed by atoms with Crippen LogP contribution in [0.15, 0.2) is 35.3 Å². The number of anilines is 2. The number of carbonyl (C=O) groups excluding carboxylic acids is 1. The summed E-state index contributed by atoms with van der Waals surface area (Å²) in [6, 6.07) is 7.16. The Bertz CT molecular complexity index is 1820. The fraction of sp³-hybridized carbons (Fsp3) is 0.345. The number of fused-ring (bicyclic) bond motifs is 1. The molecule has 3 aromatic heterocycles. The van der Waals surface area contributed by atoms with Crippen molar-refractivity contribution >= 4 is 45.9 Å². The Morgan fingerprint density at radius 3 is 2.56 bits per heavy atom. The number of imidazole rings is 1. The number of thiocarbonyl (C=S) groups is 1. The molecule has 4 heterocycles. The number of benzene rings is 1. The molecule has 1 N–H and O–H groups in total. The molecular weight excluding hydrogens is 540 g/mol. The Labute approximate surface area is 242 Å². The lowest BCUT2D eigenvalue weighted by atomic mass is 10.0. The van der Waals surface area contributed by atoms with E-state index >= 15 is 0 Å². The number of carbonyl (C=O) groups is 1. The summed E-state index contributed by atoms with van der Waals surface area (Å²) in [7, 11) is 0. The van der Waals surface area contributed by atoms with Crippen LogP contribution in [0.2, 0.25) is 0 Å². The number of ether oxygens (including phenoxy) is 1. The second-order valence-electron chi connectivity index (χ2n) is 10.3. The molecule has 1 fully saturated rings. The molecule has 0 radical (unpaired) electrons. The van der Waals surface area contributed by atoms with Crippen LogP contribution in [0.25, 0.3) is 21.7 Å². The average Bonchev–Trinajstić information content (AvgIpc) is 3.33. The van der Waals surface area contributed by atoms with Gasteiger partial charge in [0.15, 0.2) is 16.5 Å². The van der Waals surface area contributed by atoms with E-state index in [9.17, 15) is 9.59 Å². The zero-order valence-corrected chi connectivity index (χ0v) is 24.6. The average molecular weight is 571 g/mol. The van der Waals surface area contributed by atoms with Gasteiger partial charge in [0.05, 0.1) is 23.6 Å². The number of nitrogens with zero attached hydrogens (tertiary/aromatic N) is 7. The summed E-state index contributed by atoms with van der Waals surface area (Å²) in [5.41, 5.74) is 1.97. The molecule has 12 heteroatoms. The molecule has 1 aromatic carbocycles. The Hall–Kier alpha value is -4.63. The van der Waals surface area contributed by atoms with Crippen molar-refractivity contribution in [1.29, 1.82) is 0 Å². The molecule has 11 nitrogen and oxygen atoms in total. The third-order valence-corrected chi connectivity index (χ3v) is 7.43. The Morgan fingerprint density at radius 1 is 1.15 bits per heavy atom. The predicted octanol–water partition coefficient (Wildman–Crippen LogP) is 4.92. The summed E-state index contributed by atoms with van der Waals surface area (Å²) in [5, 5.41) is 5.04. The monoisotopic (exact) mass is 570 g/mol. The maximum atomic E-state index is 13.7. The van der Waals surface area contributed by atoms with E-state index in [1.54, 1.807) is 49.2 Å². The molecule has 4 aromatic rings. The van der Waals surface area contributed by atoms with Gasteiger partial charge < -0.3 is 19.5 Å². The molecule has 1 saturated heterocycles. The molecule has 41 heavy (non-hydrogen) atoms. The van der Waals surface area contributed by atoms with Gasteiger partial charge in [0.25, 0.3) is 17.3 Å². The van der Waals surface area contributed by atoms with Crippen LogP contribution < -0.4 is 20.1 Å². The van der Waals surface area contributed by atoms with Crippen LogP contribution in [-0.4, -0.2) is 47.7 Å². The first-order valence-electron chi connectivity index (χ1n) is 13.3. The largest absolute Gasteiger partial charge is 0.493 e. The second kappa shape index (κ2) is 10.4. The molecule has 210 valence electrons. The first kappa shape index (κ1) is 27.9. The first-order chi connectivity index (χ1) is 19.5. The van der Waals surface area contributed by atoms with Crippen molar-refractivity contribution in [3.8, 4) is 17.1 Å². The van der Waals surface area contributed by atoms with Gasteiger partial charge in [-0.15, -0.1) is 10.1 Å². The fourth-order valence-electron chi connectivity index (χ4n) is 5.11. The SMILES string of the molecule is [C-]#[N+]c1ncc(N2C(=O)C(C)(C)N(c3ccc(OCC)c(-c4nn5c(CCC)nc(C)c5c(=O)[nH]4)c3)C2=S)cc1C. The van der Waals surface area contributed by atoms with E-state index < -0.39 is 5.54 Å². The highest BCUT2D eigenvalue weighted by atomic mass is 32.1. The minimum Gasteiger partial charge on any atom is -0.493 e. The highest BCUT2D eigenvalue weighted by Gasteiger charge is 2.50. The molecule has 1 amide bonds. The van der Waals surface area contributed by atoms with Crippen LogP contribution in [-0.2, 0) is 11.2 Å². The van der Waals surface area contributed by atoms with E-state index in [0.717, 1.165) is 6.42 Å². The van der Waals surface area contributed by atoms with Crippen LogP contribution in [0.3, 0.4) is 0 Å². The minimum absolute atomic E-state index is 0.235. The minimum atomic E-state index is -1.05. The van der Waals surface area contributed by atoms with Gasteiger partial charge in [0, 0.05) is 12.1 Å². The number of pyridine rings is 1. The summed E-state index contributed by atoms with van der Waals surface area (Å²) in [5.74, 6) is 1.57. The number of hydrogen-bond acceptors (Lipinski definition) is 7. The number of H-pyrrole nitrogens is 1. The third-order valence-electron chi connectivity index (χ3n) is 7.06. The second-order valence-corrected chi connectivity index (χ2v) is 10.7. The van der Waals surface area contributed by atoms with Crippen LogP contribution in [0.1, 0.15) is 51.2 Å². The smallest absolute Gasteiger partial charge is 0.277 e. The number of amides is 1. The van der Waals surface area contributed by atoms with Crippen molar-refractivity contribution in [2.24, 2.45) is 0 Å². The van der Waals surface area contributed by atoms with Gasteiger partial charge in [-0.05, 0) is 83.1 Å². The summed E-state index contributed by atoms with van der Waals surface area (Å²) in [4.78, 5) is 45.2. The number of nitrogens with one attached hydrogen (secondary N) is 1. The number of aryl methyl sites for hydroxylation is 3. The zero-order valence-electron chi connectivity index (χ0n) is 23.8. The molecule has 0 atom stereocenters. The summed E-state index contributed by atoms with van der Waals surface area (Å²) in [6.45, 7) is 18.8. The van der Waals surface area contributed by atoms with Gasteiger partial charge in [-0.1, -0.05) is 13.5 Å². The standard InChI is InChI=1S/C29H30N8O3S/c1-8-10-22-32-17(4)23-26(38)33-25(34-37(22)23)20-14-18(11-12-21(20)40-9-2)36-28(41)35(27(39)29(36,5)6)19-13-16(3)24(30-7)31-15-19/h11-15H,8-10H2,1-6H3,(H,33,34,38). The molecular formula is C29H30N8O3S. The highest BCUT2D eigenvalue weighted by molar-refractivity contribution is 7.81. The summed E-state index contributed by atoms with van der Waals surface area (Å²) >= 11 is 5.86. The number of aromatic amines is 1. The summed E-state index contributed by atoms with van der Waals surface area (Å²) in [6.07, 6.45) is 3.00. The normalized spacial score (nSPS) is 14.7. The maximum absolute atomic E-state index is 13.7. The molecule has 1 aliphatic heterocycles. The Morgan fingerprint density at radius 2 is 1.90 bits per heavy atom. The van der Waals surface area contributed by atoms with Crippen molar-refractivity contribution in [2.75, 3.05) is 16.4 Å². The third kappa shape index (κ3) is 4.52. The lowest BCUT2D eigenvalue weighted by molar-refractivity contribution is -0.120. The van der Waals surface area contributed by atoms with E-state index in [1.807, 2.05) is 26.0 Å². The van der Waals surface area contributed by atoms with Crippen LogP contribution >= 0.6 is 12.2 Å². The van der Waals surface area contributed by atoms with E-state index in [1.165, 1.54) is 11.1 Å². The molecule has 5 rings (SSSR count). The summed E-state index contributed by atoms with van der Waals surface area (Å²) < 4.78 is 7.53. The fourth-order valence-corrected chi connectivity index (χ4v) is 5.64. The number of hydrogen-bond donors (Lipinski definition) is 1. The van der Waals surface area contributed by atoms with Crippen molar-refractivity contribution < 1.29 is 9.53 Å². The van der Waals surface area contributed by atoms with Crippen LogP contribution in [0.5, 0.6) is 5.75 Å². The van der Waals surface area contributed by atoms with Gasteiger partial charge >= 0.3 is 0 Å². The van der Waals surface area contributed by atoms with Gasteiger partial charge in [-0.25, -0.2) is 9.50 Å². The van der Waals surface area contributed by atoms with Crippen LogP contribution in [0.4, 0.5) is 17.2 Å². The maximum Gasteiger partial charge on any atom is 0.277 e. The van der Waals surface area contributed by atoms with Crippen molar-refractivity contribution in [3.05, 3.63) is 69.3 Å². The van der Waals surface area contributed by atoms with Gasteiger partial charge in [-0.2, -0.15) is 0 Å². The number of aromatic nitrogens is 5. The predicted molar refractivity (Wildman–Crippen MR) is 161 cm³/mol. The van der Waals surface area contributed by atoms with Crippen molar-refractivity contribution in [1.82, 2.24) is 24.6 Å². The van der Waals surface area contributed by atoms with E-state index in [0.29, 0.717) is 64.1 Å². The highest BCUT2D eigenvalue weighted by Crippen LogP contribution is 2.40. The van der Waals surface area contributed by atoms with Gasteiger partial charge in [-0.3, -0.25) is 14.5 Å². The molecule has 0 saturated carbocycles. The topological polar surface area (TPSA) is 113 Å². The lowest BCUT2D eigenvalue weighted by Crippen LogP contribution is -2.44. The molecule has 0 unspecified atom stereocenters.